The van der Waals surface area contributed by atoms with Crippen molar-refractivity contribution in [1.29, 1.82) is 0 Å². The van der Waals surface area contributed by atoms with Gasteiger partial charge in [0.05, 0.1) is 17.0 Å². The van der Waals surface area contributed by atoms with Crippen LogP contribution < -0.4 is 10.6 Å². The van der Waals surface area contributed by atoms with E-state index in [0.717, 1.165) is 28.7 Å². The third kappa shape index (κ3) is 5.75. The summed E-state index contributed by atoms with van der Waals surface area (Å²) in [4.78, 5) is 21.1. The van der Waals surface area contributed by atoms with Gasteiger partial charge in [0, 0.05) is 35.1 Å². The van der Waals surface area contributed by atoms with Gasteiger partial charge in [-0.1, -0.05) is 61.7 Å². The minimum absolute atomic E-state index is 0.0316. The van der Waals surface area contributed by atoms with Crippen molar-refractivity contribution >= 4 is 28.2 Å². The van der Waals surface area contributed by atoms with Crippen molar-refractivity contribution in [3.63, 3.8) is 0 Å². The number of carbonyl (C=O) groups is 1. The average Bonchev–Trinajstić information content (AvgIpc) is 3.27. The first kappa shape index (κ1) is 24.8. The van der Waals surface area contributed by atoms with Crippen LogP contribution in [0.5, 0.6) is 5.88 Å². The van der Waals surface area contributed by atoms with Crippen molar-refractivity contribution in [3.8, 4) is 5.88 Å². The van der Waals surface area contributed by atoms with Crippen LogP contribution in [0.25, 0.3) is 10.9 Å². The van der Waals surface area contributed by atoms with E-state index >= 15 is 0 Å². The SMILES string of the molecule is CNCc1ccc(N=C(c2ccccc2)c2c(O)[nH]c3ccc(C(=O)NCC4CCCCC4)cc23)cc1. The molecule has 1 aliphatic carbocycles. The molecule has 0 saturated heterocycles. The standard InChI is InChI=1S/C31H34N4O2/c1-32-19-22-12-15-25(16-13-22)34-29(23-10-6-3-7-11-23)28-26-18-24(14-17-27(26)35-31(28)37)30(36)33-20-21-8-4-2-5-9-21/h3,6-7,10-18,21,32,35,37H,2,4-5,8-9,19-20H2,1H3,(H,33,36). The molecule has 190 valence electrons. The largest absolute Gasteiger partial charge is 0.494 e. The molecule has 0 aliphatic heterocycles. The number of aromatic amines is 1. The van der Waals surface area contributed by atoms with E-state index in [-0.39, 0.29) is 11.8 Å². The van der Waals surface area contributed by atoms with Crippen molar-refractivity contribution in [2.24, 2.45) is 10.9 Å². The molecule has 4 aromatic rings. The van der Waals surface area contributed by atoms with E-state index in [1.807, 2.05) is 73.8 Å². The molecule has 1 fully saturated rings. The van der Waals surface area contributed by atoms with Gasteiger partial charge in [-0.05, 0) is 61.7 Å². The second kappa shape index (κ2) is 11.4. The summed E-state index contributed by atoms with van der Waals surface area (Å²) in [5.74, 6) is 0.506. The zero-order valence-electron chi connectivity index (χ0n) is 21.3. The summed E-state index contributed by atoms with van der Waals surface area (Å²) in [5, 5.41) is 18.1. The van der Waals surface area contributed by atoms with E-state index in [0.29, 0.717) is 29.3 Å². The monoisotopic (exact) mass is 494 g/mol. The van der Waals surface area contributed by atoms with Crippen LogP contribution in [-0.4, -0.2) is 35.3 Å². The van der Waals surface area contributed by atoms with Gasteiger partial charge in [-0.2, -0.15) is 0 Å². The molecule has 0 spiro atoms. The highest BCUT2D eigenvalue weighted by Crippen LogP contribution is 2.32. The number of rotatable bonds is 8. The molecule has 37 heavy (non-hydrogen) atoms. The summed E-state index contributed by atoms with van der Waals surface area (Å²) in [7, 11) is 1.92. The molecular weight excluding hydrogens is 460 g/mol. The lowest BCUT2D eigenvalue weighted by Crippen LogP contribution is -2.30. The van der Waals surface area contributed by atoms with Crippen molar-refractivity contribution in [2.45, 2.75) is 38.6 Å². The van der Waals surface area contributed by atoms with Crippen LogP contribution in [0.2, 0.25) is 0 Å². The molecule has 0 radical (unpaired) electrons. The van der Waals surface area contributed by atoms with E-state index in [4.69, 9.17) is 4.99 Å². The van der Waals surface area contributed by atoms with Crippen LogP contribution in [0, 0.1) is 5.92 Å². The maximum absolute atomic E-state index is 13.0. The first-order valence-electron chi connectivity index (χ1n) is 13.1. The molecule has 5 rings (SSSR count). The number of fused-ring (bicyclic) bond motifs is 1. The quantitative estimate of drug-likeness (QED) is 0.224. The summed E-state index contributed by atoms with van der Waals surface area (Å²) in [6, 6.07) is 23.4. The number of aromatic nitrogens is 1. The van der Waals surface area contributed by atoms with Crippen LogP contribution in [0.3, 0.4) is 0 Å². The highest BCUT2D eigenvalue weighted by molar-refractivity contribution is 6.22. The van der Waals surface area contributed by atoms with E-state index < -0.39 is 0 Å². The lowest BCUT2D eigenvalue weighted by Gasteiger charge is -2.21. The van der Waals surface area contributed by atoms with Gasteiger partial charge in [-0.3, -0.25) is 4.79 Å². The summed E-state index contributed by atoms with van der Waals surface area (Å²) < 4.78 is 0. The first-order valence-corrected chi connectivity index (χ1v) is 13.1. The van der Waals surface area contributed by atoms with Crippen molar-refractivity contribution in [3.05, 3.63) is 95.1 Å². The number of H-pyrrole nitrogens is 1. The number of carbonyl (C=O) groups excluding carboxylic acids is 1. The highest BCUT2D eigenvalue weighted by Gasteiger charge is 2.21. The molecule has 3 aromatic carbocycles. The van der Waals surface area contributed by atoms with Crippen LogP contribution in [0.1, 0.15) is 59.2 Å². The fraction of sp³-hybridized carbons (Fsp3) is 0.290. The molecule has 0 bridgehead atoms. The van der Waals surface area contributed by atoms with Gasteiger partial charge in [-0.15, -0.1) is 0 Å². The highest BCUT2D eigenvalue weighted by atomic mass is 16.3. The van der Waals surface area contributed by atoms with Gasteiger partial charge < -0.3 is 20.7 Å². The summed E-state index contributed by atoms with van der Waals surface area (Å²) in [6.07, 6.45) is 6.16. The zero-order valence-corrected chi connectivity index (χ0v) is 21.3. The number of hydrogen-bond acceptors (Lipinski definition) is 4. The van der Waals surface area contributed by atoms with E-state index in [9.17, 15) is 9.90 Å². The molecule has 6 heteroatoms. The molecule has 1 aromatic heterocycles. The number of benzene rings is 3. The van der Waals surface area contributed by atoms with Crippen LogP contribution >= 0.6 is 0 Å². The van der Waals surface area contributed by atoms with E-state index in [1.165, 1.54) is 37.7 Å². The molecule has 1 heterocycles. The van der Waals surface area contributed by atoms with Gasteiger partial charge in [0.15, 0.2) is 5.88 Å². The van der Waals surface area contributed by atoms with E-state index in [1.54, 1.807) is 6.07 Å². The van der Waals surface area contributed by atoms with Gasteiger partial charge >= 0.3 is 0 Å². The second-order valence-corrected chi connectivity index (χ2v) is 9.85. The Morgan fingerprint density at radius 2 is 1.73 bits per heavy atom. The summed E-state index contributed by atoms with van der Waals surface area (Å²) >= 11 is 0. The maximum Gasteiger partial charge on any atom is 0.251 e. The minimum atomic E-state index is -0.0857. The Morgan fingerprint density at radius 1 is 0.973 bits per heavy atom. The first-order chi connectivity index (χ1) is 18.1. The molecule has 1 amide bonds. The van der Waals surface area contributed by atoms with Gasteiger partial charge in [0.1, 0.15) is 0 Å². The fourth-order valence-corrected chi connectivity index (χ4v) is 5.17. The van der Waals surface area contributed by atoms with Gasteiger partial charge in [0.25, 0.3) is 5.91 Å². The molecule has 1 aliphatic rings. The number of hydrogen-bond donors (Lipinski definition) is 4. The van der Waals surface area contributed by atoms with Crippen molar-refractivity contribution in [1.82, 2.24) is 15.6 Å². The Kier molecular flexibility index (Phi) is 7.66. The smallest absolute Gasteiger partial charge is 0.251 e. The summed E-state index contributed by atoms with van der Waals surface area (Å²) in [6.45, 7) is 1.49. The second-order valence-electron chi connectivity index (χ2n) is 9.85. The summed E-state index contributed by atoms with van der Waals surface area (Å²) in [5.41, 5.74) is 5.39. The average molecular weight is 495 g/mol. The topological polar surface area (TPSA) is 89.5 Å². The normalized spacial score (nSPS) is 14.7. The number of amides is 1. The van der Waals surface area contributed by atoms with E-state index in [2.05, 4.69) is 15.6 Å². The number of aromatic hydroxyl groups is 1. The van der Waals surface area contributed by atoms with Crippen molar-refractivity contribution < 1.29 is 9.90 Å². The fourth-order valence-electron chi connectivity index (χ4n) is 5.17. The third-order valence-corrected chi connectivity index (χ3v) is 7.16. The molecule has 6 nitrogen and oxygen atoms in total. The predicted molar refractivity (Wildman–Crippen MR) is 150 cm³/mol. The lowest BCUT2D eigenvalue weighted by molar-refractivity contribution is 0.0943. The number of aliphatic imine (C=N–C) groups is 1. The molecular formula is C31H34N4O2. The molecule has 4 N–H and O–H groups in total. The molecule has 0 unspecified atom stereocenters. The Balaban J connectivity index is 1.51. The Hall–Kier alpha value is -3.90. The van der Waals surface area contributed by atoms with Crippen LogP contribution in [-0.2, 0) is 6.54 Å². The van der Waals surface area contributed by atoms with Crippen LogP contribution in [0.15, 0.2) is 77.8 Å². The zero-order chi connectivity index (χ0) is 25.6. The Morgan fingerprint density at radius 3 is 2.46 bits per heavy atom. The van der Waals surface area contributed by atoms with Gasteiger partial charge in [0.2, 0.25) is 0 Å². The molecule has 0 atom stereocenters. The van der Waals surface area contributed by atoms with Gasteiger partial charge in [-0.25, -0.2) is 4.99 Å². The predicted octanol–water partition coefficient (Wildman–Crippen LogP) is 6.07. The van der Waals surface area contributed by atoms with Crippen LogP contribution in [0.4, 0.5) is 5.69 Å². The Bertz CT molecular complexity index is 1380. The number of nitrogens with one attached hydrogen (secondary N) is 3. The molecule has 1 saturated carbocycles. The Labute approximate surface area is 217 Å². The third-order valence-electron chi connectivity index (χ3n) is 7.16. The minimum Gasteiger partial charge on any atom is -0.494 e. The lowest BCUT2D eigenvalue weighted by atomic mass is 9.89. The maximum atomic E-state index is 13.0. The van der Waals surface area contributed by atoms with Crippen molar-refractivity contribution in [2.75, 3.05) is 13.6 Å². The number of nitrogens with zero attached hydrogens (tertiary/aromatic N) is 1.